The van der Waals surface area contributed by atoms with Crippen LogP contribution in [0.5, 0.6) is 0 Å². The molecule has 5 aromatic carbocycles. The van der Waals surface area contributed by atoms with Crippen molar-refractivity contribution in [3.63, 3.8) is 0 Å². The van der Waals surface area contributed by atoms with Crippen molar-refractivity contribution in [3.8, 4) is 55.9 Å². The van der Waals surface area contributed by atoms with Gasteiger partial charge < -0.3 is 0 Å². The molecule has 176 valence electrons. The molecule has 0 saturated carbocycles. The lowest BCUT2D eigenvalue weighted by Crippen LogP contribution is -1.91. The van der Waals surface area contributed by atoms with E-state index in [-0.39, 0.29) is 0 Å². The maximum Gasteiger partial charge on any atom is 0.0715 e. The molecule has 0 amide bonds. The molecular formula is C35H24BrN. The molecule has 1 heterocycles. The van der Waals surface area contributed by atoms with Gasteiger partial charge >= 0.3 is 0 Å². The van der Waals surface area contributed by atoms with Crippen LogP contribution < -0.4 is 0 Å². The number of benzene rings is 5. The summed E-state index contributed by atoms with van der Waals surface area (Å²) in [6.07, 6.45) is 0. The Hall–Kier alpha value is -4.27. The molecule has 0 aliphatic carbocycles. The van der Waals surface area contributed by atoms with E-state index in [4.69, 9.17) is 4.98 Å². The van der Waals surface area contributed by atoms with Crippen molar-refractivity contribution in [2.24, 2.45) is 0 Å². The molecule has 0 bridgehead atoms. The van der Waals surface area contributed by atoms with Gasteiger partial charge in [0.25, 0.3) is 0 Å². The number of hydrogen-bond acceptors (Lipinski definition) is 1. The Balaban J connectivity index is 1.44. The molecule has 0 saturated heterocycles. The van der Waals surface area contributed by atoms with Crippen LogP contribution >= 0.6 is 15.9 Å². The standard InChI is InChI=1S/C35H24BrN/c36-33-19-9-18-31(22-33)29-16-7-14-27(20-29)28-15-8-17-30(21-28)32-23-34(25-10-3-1-4-11-25)37-35(24-32)26-12-5-2-6-13-26/h1-24H. The lowest BCUT2D eigenvalue weighted by Gasteiger charge is -2.12. The van der Waals surface area contributed by atoms with E-state index in [2.05, 4.69) is 149 Å². The van der Waals surface area contributed by atoms with Crippen LogP contribution in [0.15, 0.2) is 150 Å². The van der Waals surface area contributed by atoms with Gasteiger partial charge in [0.15, 0.2) is 0 Å². The molecule has 6 rings (SSSR count). The minimum atomic E-state index is 0.971. The highest BCUT2D eigenvalue weighted by Crippen LogP contribution is 2.33. The van der Waals surface area contributed by atoms with Crippen LogP contribution in [0, 0.1) is 0 Å². The molecule has 0 unspecified atom stereocenters. The molecule has 0 aliphatic rings. The Morgan fingerprint density at radius 3 is 1.16 bits per heavy atom. The summed E-state index contributed by atoms with van der Waals surface area (Å²) in [5, 5.41) is 0. The quantitative estimate of drug-likeness (QED) is 0.213. The highest BCUT2D eigenvalue weighted by molar-refractivity contribution is 9.10. The second-order valence-electron chi connectivity index (χ2n) is 9.03. The van der Waals surface area contributed by atoms with Crippen molar-refractivity contribution in [2.75, 3.05) is 0 Å². The second-order valence-corrected chi connectivity index (χ2v) is 9.95. The summed E-state index contributed by atoms with van der Waals surface area (Å²) in [5.74, 6) is 0. The highest BCUT2D eigenvalue weighted by atomic mass is 79.9. The summed E-state index contributed by atoms with van der Waals surface area (Å²) in [5.41, 5.74) is 11.3. The van der Waals surface area contributed by atoms with Crippen LogP contribution in [0.1, 0.15) is 0 Å². The third kappa shape index (κ3) is 5.16. The molecule has 1 aromatic heterocycles. The van der Waals surface area contributed by atoms with Crippen molar-refractivity contribution in [3.05, 3.63) is 150 Å². The Labute approximate surface area is 226 Å². The monoisotopic (exact) mass is 537 g/mol. The summed E-state index contributed by atoms with van der Waals surface area (Å²) in [7, 11) is 0. The van der Waals surface area contributed by atoms with E-state index in [0.717, 1.165) is 32.6 Å². The number of rotatable bonds is 5. The third-order valence-electron chi connectivity index (χ3n) is 6.51. The predicted octanol–water partition coefficient (Wildman–Crippen LogP) is 10.2. The topological polar surface area (TPSA) is 12.9 Å². The zero-order chi connectivity index (χ0) is 25.0. The van der Waals surface area contributed by atoms with Crippen LogP contribution in [0.25, 0.3) is 55.9 Å². The molecule has 1 nitrogen and oxygen atoms in total. The van der Waals surface area contributed by atoms with Gasteiger partial charge in [-0.15, -0.1) is 0 Å². The number of nitrogens with zero attached hydrogens (tertiary/aromatic N) is 1. The maximum atomic E-state index is 5.03. The molecule has 0 N–H and O–H groups in total. The Bertz CT molecular complexity index is 1620. The largest absolute Gasteiger partial charge is 0.248 e. The molecule has 0 radical (unpaired) electrons. The number of halogens is 1. The van der Waals surface area contributed by atoms with Crippen molar-refractivity contribution in [2.45, 2.75) is 0 Å². The van der Waals surface area contributed by atoms with E-state index in [9.17, 15) is 0 Å². The first-order valence-corrected chi connectivity index (χ1v) is 13.1. The fourth-order valence-electron chi connectivity index (χ4n) is 4.64. The molecule has 0 spiro atoms. The first kappa shape index (κ1) is 23.1. The van der Waals surface area contributed by atoms with Gasteiger partial charge in [0, 0.05) is 15.6 Å². The maximum absolute atomic E-state index is 5.03. The van der Waals surface area contributed by atoms with Crippen molar-refractivity contribution >= 4 is 15.9 Å². The average molecular weight is 538 g/mol. The number of hydrogen-bond donors (Lipinski definition) is 0. The summed E-state index contributed by atoms with van der Waals surface area (Å²) in [6, 6.07) is 51.1. The van der Waals surface area contributed by atoms with E-state index in [0.29, 0.717) is 0 Å². The predicted molar refractivity (Wildman–Crippen MR) is 159 cm³/mol. The van der Waals surface area contributed by atoms with E-state index in [1.165, 1.54) is 27.8 Å². The molecule has 0 fully saturated rings. The smallest absolute Gasteiger partial charge is 0.0715 e. The molecule has 37 heavy (non-hydrogen) atoms. The van der Waals surface area contributed by atoms with Crippen LogP contribution in [-0.2, 0) is 0 Å². The van der Waals surface area contributed by atoms with Crippen molar-refractivity contribution in [1.82, 2.24) is 4.98 Å². The van der Waals surface area contributed by atoms with Crippen LogP contribution in [0.2, 0.25) is 0 Å². The molecule has 6 aromatic rings. The van der Waals surface area contributed by atoms with Crippen LogP contribution in [0.4, 0.5) is 0 Å². The number of aromatic nitrogens is 1. The fraction of sp³-hybridized carbons (Fsp3) is 0. The molecule has 2 heteroatoms. The highest BCUT2D eigenvalue weighted by Gasteiger charge is 2.10. The summed E-state index contributed by atoms with van der Waals surface area (Å²) in [6.45, 7) is 0. The molecule has 0 atom stereocenters. The zero-order valence-corrected chi connectivity index (χ0v) is 21.8. The Morgan fingerprint density at radius 2 is 0.703 bits per heavy atom. The van der Waals surface area contributed by atoms with Gasteiger partial charge in [0.2, 0.25) is 0 Å². The normalized spacial score (nSPS) is 10.8. The summed E-state index contributed by atoms with van der Waals surface area (Å²) in [4.78, 5) is 5.03. The molecule has 0 aliphatic heterocycles. The van der Waals surface area contributed by atoms with Crippen LogP contribution in [0.3, 0.4) is 0 Å². The first-order valence-electron chi connectivity index (χ1n) is 12.3. The summed E-state index contributed by atoms with van der Waals surface area (Å²) < 4.78 is 1.08. The van der Waals surface area contributed by atoms with E-state index < -0.39 is 0 Å². The first-order chi connectivity index (χ1) is 18.2. The van der Waals surface area contributed by atoms with Gasteiger partial charge in [0.05, 0.1) is 11.4 Å². The number of pyridine rings is 1. The van der Waals surface area contributed by atoms with Gasteiger partial charge in [-0.2, -0.15) is 0 Å². The average Bonchev–Trinajstić information content (AvgIpc) is 2.98. The third-order valence-corrected chi connectivity index (χ3v) is 7.01. The van der Waals surface area contributed by atoms with Gasteiger partial charge in [-0.3, -0.25) is 0 Å². The van der Waals surface area contributed by atoms with E-state index in [1.807, 2.05) is 12.1 Å². The van der Waals surface area contributed by atoms with Gasteiger partial charge in [-0.25, -0.2) is 4.98 Å². The van der Waals surface area contributed by atoms with Gasteiger partial charge in [0.1, 0.15) is 0 Å². The van der Waals surface area contributed by atoms with E-state index in [1.54, 1.807) is 0 Å². The van der Waals surface area contributed by atoms with E-state index >= 15 is 0 Å². The lowest BCUT2D eigenvalue weighted by molar-refractivity contribution is 1.32. The van der Waals surface area contributed by atoms with Crippen molar-refractivity contribution < 1.29 is 0 Å². The Kier molecular flexibility index (Phi) is 6.49. The van der Waals surface area contributed by atoms with Crippen LogP contribution in [-0.4, -0.2) is 4.98 Å². The fourth-order valence-corrected chi connectivity index (χ4v) is 5.03. The van der Waals surface area contributed by atoms with Crippen molar-refractivity contribution in [1.29, 1.82) is 0 Å². The summed E-state index contributed by atoms with van der Waals surface area (Å²) >= 11 is 3.60. The Morgan fingerprint density at radius 1 is 0.324 bits per heavy atom. The lowest BCUT2D eigenvalue weighted by atomic mass is 9.95. The second kappa shape index (κ2) is 10.4. The zero-order valence-electron chi connectivity index (χ0n) is 20.2. The molecular weight excluding hydrogens is 514 g/mol. The van der Waals surface area contributed by atoms with Gasteiger partial charge in [-0.1, -0.05) is 125 Å². The SMILES string of the molecule is Brc1cccc(-c2cccc(-c3cccc(-c4cc(-c5ccccc5)nc(-c5ccccc5)c4)c3)c2)c1. The minimum absolute atomic E-state index is 0.971. The minimum Gasteiger partial charge on any atom is -0.248 e. The van der Waals surface area contributed by atoms with Gasteiger partial charge in [-0.05, 0) is 69.8 Å².